The first-order valence-corrected chi connectivity index (χ1v) is 6.23. The number of hydrogen-bond donors (Lipinski definition) is 1. The first kappa shape index (κ1) is 11.6. The molecular weight excluding hydrogens is 238 g/mol. The van der Waals surface area contributed by atoms with Crippen molar-refractivity contribution in [1.29, 1.82) is 0 Å². The fraction of sp³-hybridized carbons (Fsp3) is 0.133. The molecule has 2 N–H and O–H groups in total. The second-order valence-electron chi connectivity index (χ2n) is 4.32. The molecule has 0 spiro atoms. The molecule has 0 atom stereocenters. The summed E-state index contributed by atoms with van der Waals surface area (Å²) in [7, 11) is 0. The van der Waals surface area contributed by atoms with Gasteiger partial charge in [0.2, 0.25) is 0 Å². The Morgan fingerprint density at radius 3 is 2.89 bits per heavy atom. The third kappa shape index (κ3) is 2.38. The van der Waals surface area contributed by atoms with Crippen LogP contribution in [0.15, 0.2) is 54.9 Å². The lowest BCUT2D eigenvalue weighted by Gasteiger charge is -2.09. The van der Waals surface area contributed by atoms with Gasteiger partial charge in [0.25, 0.3) is 0 Å². The standard InChI is InChI=1S/C15H15N3O/c16-13-5-2-1-4-12(13)8-11-19-15-7-3-6-14-17-9-10-18(14)15/h1-7,9-10H,8,11,16H2. The van der Waals surface area contributed by atoms with Gasteiger partial charge in [0.05, 0.1) is 6.61 Å². The van der Waals surface area contributed by atoms with Crippen molar-refractivity contribution in [3.63, 3.8) is 0 Å². The van der Waals surface area contributed by atoms with Gasteiger partial charge in [-0.2, -0.15) is 0 Å². The molecule has 0 aliphatic rings. The number of benzene rings is 1. The van der Waals surface area contributed by atoms with Crippen LogP contribution in [0, 0.1) is 0 Å². The van der Waals surface area contributed by atoms with Gasteiger partial charge in [0, 0.05) is 24.5 Å². The number of para-hydroxylation sites is 1. The first-order valence-electron chi connectivity index (χ1n) is 6.23. The minimum absolute atomic E-state index is 0.589. The third-order valence-corrected chi connectivity index (χ3v) is 3.07. The van der Waals surface area contributed by atoms with Crippen molar-refractivity contribution < 1.29 is 4.74 Å². The molecule has 0 amide bonds. The number of rotatable bonds is 4. The number of anilines is 1. The summed E-state index contributed by atoms with van der Waals surface area (Å²) in [4.78, 5) is 4.22. The molecule has 2 heterocycles. The average Bonchev–Trinajstić information content (AvgIpc) is 2.90. The van der Waals surface area contributed by atoms with E-state index in [0.29, 0.717) is 6.61 Å². The van der Waals surface area contributed by atoms with Gasteiger partial charge >= 0.3 is 0 Å². The summed E-state index contributed by atoms with van der Waals surface area (Å²) >= 11 is 0. The second kappa shape index (κ2) is 5.02. The fourth-order valence-corrected chi connectivity index (χ4v) is 2.07. The molecule has 96 valence electrons. The van der Waals surface area contributed by atoms with Crippen LogP contribution in [0.1, 0.15) is 5.56 Å². The van der Waals surface area contributed by atoms with E-state index in [1.165, 1.54) is 0 Å². The smallest absolute Gasteiger partial charge is 0.199 e. The molecule has 19 heavy (non-hydrogen) atoms. The molecule has 3 aromatic rings. The van der Waals surface area contributed by atoms with Crippen LogP contribution in [0.3, 0.4) is 0 Å². The predicted octanol–water partition coefficient (Wildman–Crippen LogP) is 2.54. The molecule has 0 saturated heterocycles. The van der Waals surface area contributed by atoms with E-state index in [4.69, 9.17) is 10.5 Å². The molecule has 2 aromatic heterocycles. The molecule has 0 aliphatic heterocycles. The minimum Gasteiger partial charge on any atom is -0.478 e. The van der Waals surface area contributed by atoms with Gasteiger partial charge in [0.15, 0.2) is 5.88 Å². The summed E-state index contributed by atoms with van der Waals surface area (Å²) < 4.78 is 7.73. The lowest BCUT2D eigenvalue weighted by Crippen LogP contribution is -2.05. The van der Waals surface area contributed by atoms with Gasteiger partial charge in [-0.15, -0.1) is 0 Å². The molecule has 0 unspecified atom stereocenters. The number of nitrogens with two attached hydrogens (primary N) is 1. The number of nitrogens with zero attached hydrogens (tertiary/aromatic N) is 2. The topological polar surface area (TPSA) is 52.5 Å². The van der Waals surface area contributed by atoms with Gasteiger partial charge in [-0.25, -0.2) is 4.98 Å². The second-order valence-corrected chi connectivity index (χ2v) is 4.32. The van der Waals surface area contributed by atoms with Crippen LogP contribution in [-0.4, -0.2) is 16.0 Å². The maximum absolute atomic E-state index is 5.90. The quantitative estimate of drug-likeness (QED) is 0.727. The highest BCUT2D eigenvalue weighted by Crippen LogP contribution is 2.15. The first-order chi connectivity index (χ1) is 9.34. The van der Waals surface area contributed by atoms with Crippen molar-refractivity contribution in [3.05, 3.63) is 60.4 Å². The van der Waals surface area contributed by atoms with Gasteiger partial charge in [-0.05, 0) is 23.8 Å². The predicted molar refractivity (Wildman–Crippen MR) is 75.2 cm³/mol. The normalized spacial score (nSPS) is 10.7. The molecule has 1 aromatic carbocycles. The number of nitrogen functional groups attached to an aromatic ring is 1. The van der Waals surface area contributed by atoms with Crippen molar-refractivity contribution >= 4 is 11.3 Å². The van der Waals surface area contributed by atoms with E-state index in [0.717, 1.165) is 29.2 Å². The fourth-order valence-electron chi connectivity index (χ4n) is 2.07. The Labute approximate surface area is 111 Å². The molecule has 0 aliphatic carbocycles. The molecule has 0 saturated carbocycles. The lowest BCUT2D eigenvalue weighted by atomic mass is 10.1. The Bertz CT molecular complexity index is 690. The highest BCUT2D eigenvalue weighted by molar-refractivity contribution is 5.46. The van der Waals surface area contributed by atoms with Crippen LogP contribution in [0.2, 0.25) is 0 Å². The highest BCUT2D eigenvalue weighted by atomic mass is 16.5. The number of aromatic nitrogens is 2. The van der Waals surface area contributed by atoms with Crippen molar-refractivity contribution in [2.45, 2.75) is 6.42 Å². The molecule has 4 nitrogen and oxygen atoms in total. The maximum Gasteiger partial charge on any atom is 0.199 e. The third-order valence-electron chi connectivity index (χ3n) is 3.07. The Balaban J connectivity index is 1.70. The van der Waals surface area contributed by atoms with E-state index in [-0.39, 0.29) is 0 Å². The monoisotopic (exact) mass is 253 g/mol. The summed E-state index contributed by atoms with van der Waals surface area (Å²) in [6.07, 6.45) is 4.44. The van der Waals surface area contributed by atoms with Crippen LogP contribution >= 0.6 is 0 Å². The molecular formula is C15H15N3O. The van der Waals surface area contributed by atoms with Crippen LogP contribution in [0.5, 0.6) is 5.88 Å². The summed E-state index contributed by atoms with van der Waals surface area (Å²) in [5, 5.41) is 0. The Morgan fingerprint density at radius 2 is 2.00 bits per heavy atom. The molecule has 0 bridgehead atoms. The Morgan fingerprint density at radius 1 is 1.11 bits per heavy atom. The van der Waals surface area contributed by atoms with Crippen LogP contribution in [-0.2, 0) is 6.42 Å². The van der Waals surface area contributed by atoms with Gasteiger partial charge in [-0.1, -0.05) is 24.3 Å². The zero-order chi connectivity index (χ0) is 13.1. The Kier molecular flexibility index (Phi) is 3.06. The number of hydrogen-bond acceptors (Lipinski definition) is 3. The van der Waals surface area contributed by atoms with Crippen molar-refractivity contribution in [2.24, 2.45) is 0 Å². The number of fused-ring (bicyclic) bond motifs is 1. The highest BCUT2D eigenvalue weighted by Gasteiger charge is 2.02. The summed E-state index contributed by atoms with van der Waals surface area (Å²) in [6, 6.07) is 13.7. The molecule has 3 rings (SSSR count). The van der Waals surface area contributed by atoms with Crippen molar-refractivity contribution in [2.75, 3.05) is 12.3 Å². The number of imidazole rings is 1. The van der Waals surface area contributed by atoms with Crippen LogP contribution < -0.4 is 10.5 Å². The van der Waals surface area contributed by atoms with E-state index >= 15 is 0 Å². The van der Waals surface area contributed by atoms with Gasteiger partial charge in [0.1, 0.15) is 5.65 Å². The SMILES string of the molecule is Nc1ccccc1CCOc1cccc2nccn12. The van der Waals surface area contributed by atoms with E-state index in [9.17, 15) is 0 Å². The Hall–Kier alpha value is -2.49. The van der Waals surface area contributed by atoms with E-state index in [1.54, 1.807) is 6.20 Å². The van der Waals surface area contributed by atoms with E-state index in [2.05, 4.69) is 4.98 Å². The summed E-state index contributed by atoms with van der Waals surface area (Å²) in [5.74, 6) is 0.796. The minimum atomic E-state index is 0.589. The zero-order valence-corrected chi connectivity index (χ0v) is 10.5. The van der Waals surface area contributed by atoms with Gasteiger partial charge < -0.3 is 10.5 Å². The molecule has 4 heteroatoms. The van der Waals surface area contributed by atoms with Crippen molar-refractivity contribution in [1.82, 2.24) is 9.38 Å². The maximum atomic E-state index is 5.90. The van der Waals surface area contributed by atoms with Crippen molar-refractivity contribution in [3.8, 4) is 5.88 Å². The largest absolute Gasteiger partial charge is 0.478 e. The molecule has 0 fully saturated rings. The molecule has 0 radical (unpaired) electrons. The van der Waals surface area contributed by atoms with Crippen LogP contribution in [0.4, 0.5) is 5.69 Å². The van der Waals surface area contributed by atoms with Crippen LogP contribution in [0.25, 0.3) is 5.65 Å². The van der Waals surface area contributed by atoms with E-state index < -0.39 is 0 Å². The van der Waals surface area contributed by atoms with E-state index in [1.807, 2.05) is 53.1 Å². The average molecular weight is 253 g/mol. The number of pyridine rings is 1. The van der Waals surface area contributed by atoms with Gasteiger partial charge in [-0.3, -0.25) is 4.40 Å². The summed E-state index contributed by atoms with van der Waals surface area (Å²) in [6.45, 7) is 0.589. The lowest BCUT2D eigenvalue weighted by molar-refractivity contribution is 0.306. The summed E-state index contributed by atoms with van der Waals surface area (Å²) in [5.41, 5.74) is 8.71. The zero-order valence-electron chi connectivity index (χ0n) is 10.5. The number of ether oxygens (including phenoxy) is 1.